The summed E-state index contributed by atoms with van der Waals surface area (Å²) in [4.78, 5) is 26.7. The average Bonchev–Trinajstić information content (AvgIpc) is 3.32. The van der Waals surface area contributed by atoms with E-state index in [4.69, 9.17) is 4.52 Å². The van der Waals surface area contributed by atoms with Crippen molar-refractivity contribution in [3.8, 4) is 0 Å². The predicted molar refractivity (Wildman–Crippen MR) is 88.0 cm³/mol. The Morgan fingerprint density at radius 3 is 2.79 bits per heavy atom. The van der Waals surface area contributed by atoms with E-state index in [1.54, 1.807) is 19.1 Å². The van der Waals surface area contributed by atoms with Gasteiger partial charge >= 0.3 is 0 Å². The monoisotopic (exact) mass is 327 g/mol. The molecule has 0 saturated heterocycles. The zero-order valence-corrected chi connectivity index (χ0v) is 13.8. The minimum absolute atomic E-state index is 0.0764. The molecule has 1 amide bonds. The van der Waals surface area contributed by atoms with Gasteiger partial charge in [-0.15, -0.1) is 0 Å². The van der Waals surface area contributed by atoms with Crippen LogP contribution in [0.15, 0.2) is 27.5 Å². The van der Waals surface area contributed by atoms with Gasteiger partial charge in [-0.25, -0.2) is 0 Å². The van der Waals surface area contributed by atoms with Crippen LogP contribution in [0.2, 0.25) is 0 Å². The molecule has 4 rings (SSSR count). The molecule has 2 aliphatic rings. The molecular weight excluding hydrogens is 306 g/mol. The Kier molecular flexibility index (Phi) is 3.75. The maximum atomic E-state index is 12.6. The van der Waals surface area contributed by atoms with Gasteiger partial charge in [0.15, 0.2) is 5.69 Å². The number of aromatic nitrogens is 2. The van der Waals surface area contributed by atoms with Crippen molar-refractivity contribution in [1.29, 1.82) is 0 Å². The van der Waals surface area contributed by atoms with E-state index in [1.807, 2.05) is 15.5 Å². The van der Waals surface area contributed by atoms with Gasteiger partial charge in [-0.05, 0) is 37.7 Å². The largest absolute Gasteiger partial charge is 0.361 e. The highest BCUT2D eigenvalue weighted by molar-refractivity contribution is 5.92. The van der Waals surface area contributed by atoms with E-state index in [0.29, 0.717) is 36.9 Å². The quantitative estimate of drug-likeness (QED) is 0.862. The lowest BCUT2D eigenvalue weighted by Crippen LogP contribution is -2.33. The molecular formula is C18H21N3O3. The summed E-state index contributed by atoms with van der Waals surface area (Å²) >= 11 is 0. The highest BCUT2D eigenvalue weighted by Gasteiger charge is 2.26. The fraction of sp³-hybridized carbons (Fsp3) is 0.500. The van der Waals surface area contributed by atoms with Crippen molar-refractivity contribution in [2.45, 2.75) is 39.2 Å². The van der Waals surface area contributed by atoms with Gasteiger partial charge in [0.05, 0.1) is 0 Å². The van der Waals surface area contributed by atoms with Crippen LogP contribution in [0.25, 0.3) is 0 Å². The van der Waals surface area contributed by atoms with Crippen LogP contribution < -0.4 is 5.56 Å². The third-order valence-corrected chi connectivity index (χ3v) is 4.93. The minimum Gasteiger partial charge on any atom is -0.361 e. The van der Waals surface area contributed by atoms with Gasteiger partial charge in [0.25, 0.3) is 11.5 Å². The van der Waals surface area contributed by atoms with Crippen LogP contribution in [0.5, 0.6) is 0 Å². The molecule has 0 spiro atoms. The van der Waals surface area contributed by atoms with Crippen molar-refractivity contribution in [1.82, 2.24) is 14.6 Å². The van der Waals surface area contributed by atoms with Crippen LogP contribution in [0.4, 0.5) is 0 Å². The van der Waals surface area contributed by atoms with E-state index in [9.17, 15) is 9.59 Å². The minimum atomic E-state index is -0.101. The number of amides is 1. The number of hydrogen-bond donors (Lipinski definition) is 0. The number of carbonyl (C=O) groups is 1. The van der Waals surface area contributed by atoms with Crippen LogP contribution in [-0.4, -0.2) is 33.6 Å². The Labute approximate surface area is 140 Å². The predicted octanol–water partition coefficient (Wildman–Crippen LogP) is 1.80. The highest BCUT2D eigenvalue weighted by Crippen LogP contribution is 2.31. The zero-order valence-electron chi connectivity index (χ0n) is 13.8. The van der Waals surface area contributed by atoms with Crippen LogP contribution in [0.3, 0.4) is 0 Å². The van der Waals surface area contributed by atoms with Gasteiger partial charge in [-0.2, -0.15) is 0 Å². The summed E-state index contributed by atoms with van der Waals surface area (Å²) in [6.07, 6.45) is 3.90. The molecule has 24 heavy (non-hydrogen) atoms. The molecule has 1 aliphatic heterocycles. The van der Waals surface area contributed by atoms with E-state index in [-0.39, 0.29) is 11.5 Å². The Balaban J connectivity index is 1.57. The summed E-state index contributed by atoms with van der Waals surface area (Å²) in [7, 11) is 0. The summed E-state index contributed by atoms with van der Waals surface area (Å²) in [6, 6.07) is 5.26. The van der Waals surface area contributed by atoms with Crippen LogP contribution in [0.1, 0.15) is 40.3 Å². The first-order chi connectivity index (χ1) is 11.6. The lowest BCUT2D eigenvalue weighted by Gasteiger charge is -2.18. The number of aryl methyl sites for hydroxylation is 1. The third kappa shape index (κ3) is 2.88. The van der Waals surface area contributed by atoms with Crippen molar-refractivity contribution in [3.05, 3.63) is 51.3 Å². The molecule has 0 N–H and O–H groups in total. The van der Waals surface area contributed by atoms with Crippen molar-refractivity contribution < 1.29 is 9.32 Å². The molecule has 0 radical (unpaired) electrons. The molecule has 0 aromatic carbocycles. The lowest BCUT2D eigenvalue weighted by molar-refractivity contribution is 0.0752. The first-order valence-electron chi connectivity index (χ1n) is 8.56. The normalized spacial score (nSPS) is 17.5. The summed E-state index contributed by atoms with van der Waals surface area (Å²) < 4.78 is 6.94. The van der Waals surface area contributed by atoms with Crippen molar-refractivity contribution >= 4 is 5.91 Å². The van der Waals surface area contributed by atoms with Crippen molar-refractivity contribution in [2.75, 3.05) is 13.1 Å². The van der Waals surface area contributed by atoms with Crippen LogP contribution in [0, 0.1) is 12.8 Å². The van der Waals surface area contributed by atoms with Gasteiger partial charge in [-0.1, -0.05) is 11.2 Å². The second-order valence-corrected chi connectivity index (χ2v) is 6.81. The molecule has 0 unspecified atom stereocenters. The highest BCUT2D eigenvalue weighted by atomic mass is 16.5. The van der Waals surface area contributed by atoms with E-state index in [2.05, 4.69) is 5.16 Å². The Hall–Kier alpha value is -2.37. The summed E-state index contributed by atoms with van der Waals surface area (Å²) in [6.45, 7) is 3.84. The Morgan fingerprint density at radius 2 is 2.08 bits per heavy atom. The van der Waals surface area contributed by atoms with Gasteiger partial charge < -0.3 is 14.0 Å². The van der Waals surface area contributed by atoms with Gasteiger partial charge in [-0.3, -0.25) is 9.59 Å². The summed E-state index contributed by atoms with van der Waals surface area (Å²) in [5, 5.41) is 3.83. The molecule has 6 nitrogen and oxygen atoms in total. The fourth-order valence-electron chi connectivity index (χ4n) is 3.39. The van der Waals surface area contributed by atoms with Crippen molar-refractivity contribution in [2.24, 2.45) is 5.92 Å². The third-order valence-electron chi connectivity index (χ3n) is 4.93. The topological polar surface area (TPSA) is 68.3 Å². The SMILES string of the molecule is Cc1cc(C(=O)N2CCc3ccc(=O)n(CC4CC4)c3CC2)no1. The maximum Gasteiger partial charge on any atom is 0.276 e. The zero-order chi connectivity index (χ0) is 16.7. The van der Waals surface area contributed by atoms with Gasteiger partial charge in [0.1, 0.15) is 5.76 Å². The van der Waals surface area contributed by atoms with Gasteiger partial charge in [0, 0.05) is 43.9 Å². The number of carbonyl (C=O) groups excluding carboxylic acids is 1. The van der Waals surface area contributed by atoms with Crippen LogP contribution >= 0.6 is 0 Å². The molecule has 126 valence electrons. The van der Waals surface area contributed by atoms with E-state index in [0.717, 1.165) is 18.7 Å². The van der Waals surface area contributed by atoms with E-state index in [1.165, 1.54) is 18.4 Å². The molecule has 0 atom stereocenters. The molecule has 1 fully saturated rings. The fourth-order valence-corrected chi connectivity index (χ4v) is 3.39. The lowest BCUT2D eigenvalue weighted by atomic mass is 10.1. The second-order valence-electron chi connectivity index (χ2n) is 6.81. The summed E-state index contributed by atoms with van der Waals surface area (Å²) in [5.74, 6) is 1.18. The Morgan fingerprint density at radius 1 is 1.29 bits per heavy atom. The molecule has 6 heteroatoms. The van der Waals surface area contributed by atoms with Crippen molar-refractivity contribution in [3.63, 3.8) is 0 Å². The van der Waals surface area contributed by atoms with E-state index < -0.39 is 0 Å². The maximum absolute atomic E-state index is 12.6. The number of fused-ring (bicyclic) bond motifs is 1. The smallest absolute Gasteiger partial charge is 0.276 e. The molecule has 2 aromatic rings. The first-order valence-corrected chi connectivity index (χ1v) is 8.56. The molecule has 0 bridgehead atoms. The summed E-state index contributed by atoms with van der Waals surface area (Å²) in [5.41, 5.74) is 2.71. The standard InChI is InChI=1S/C18H21N3O3/c1-12-10-15(19-24-12)18(23)20-8-6-14-4-5-17(22)21(11-13-2-3-13)16(14)7-9-20/h4-5,10,13H,2-3,6-9,11H2,1H3. The Bertz CT molecular complexity index is 832. The molecule has 2 aromatic heterocycles. The number of nitrogens with zero attached hydrogens (tertiary/aromatic N) is 3. The van der Waals surface area contributed by atoms with E-state index >= 15 is 0 Å². The van der Waals surface area contributed by atoms with Crippen LogP contribution in [-0.2, 0) is 19.4 Å². The molecule has 1 aliphatic carbocycles. The number of pyridine rings is 1. The number of hydrogen-bond acceptors (Lipinski definition) is 4. The average molecular weight is 327 g/mol. The van der Waals surface area contributed by atoms with Gasteiger partial charge in [0.2, 0.25) is 0 Å². The second kappa shape index (κ2) is 5.92. The molecule has 3 heterocycles. The molecule has 1 saturated carbocycles. The first kappa shape index (κ1) is 15.2. The number of rotatable bonds is 3.